The fourth-order valence-corrected chi connectivity index (χ4v) is 4.87. The fourth-order valence-electron chi connectivity index (χ4n) is 4.87. The fraction of sp³-hybridized carbons (Fsp3) is 0.556. The summed E-state index contributed by atoms with van der Waals surface area (Å²) in [5.41, 5.74) is 4.27. The molecule has 1 amide bonds. The predicted octanol–water partition coefficient (Wildman–Crippen LogP) is 3.93. The van der Waals surface area contributed by atoms with Crippen LogP contribution in [0.15, 0.2) is 11.6 Å². The van der Waals surface area contributed by atoms with Crippen molar-refractivity contribution in [2.24, 2.45) is 0 Å². The third kappa shape index (κ3) is 6.50. The van der Waals surface area contributed by atoms with Crippen LogP contribution in [0.25, 0.3) is 0 Å². The highest BCUT2D eigenvalue weighted by molar-refractivity contribution is 5.98. The van der Waals surface area contributed by atoms with E-state index in [1.807, 2.05) is 24.8 Å². The maximum Gasteiger partial charge on any atom is 0.339 e. The van der Waals surface area contributed by atoms with Crippen LogP contribution >= 0.6 is 0 Å². The van der Waals surface area contributed by atoms with Gasteiger partial charge < -0.3 is 19.5 Å². The number of benzene rings is 1. The SMILES string of the molecule is COc1c(C)c2c(c(CC(=O)CCCC(=O)N3CCCC3)c1C/C=C(\C)CCC(=O)O)C(=O)OC2. The summed E-state index contributed by atoms with van der Waals surface area (Å²) in [5, 5.41) is 8.95. The number of likely N-dealkylation sites (tertiary alicyclic amines) is 1. The average molecular weight is 486 g/mol. The molecule has 190 valence electrons. The summed E-state index contributed by atoms with van der Waals surface area (Å²) in [4.78, 5) is 50.7. The van der Waals surface area contributed by atoms with Gasteiger partial charge in [-0.25, -0.2) is 4.79 Å². The zero-order chi connectivity index (χ0) is 25.5. The van der Waals surface area contributed by atoms with E-state index in [4.69, 9.17) is 14.6 Å². The van der Waals surface area contributed by atoms with Gasteiger partial charge in [-0.1, -0.05) is 11.6 Å². The van der Waals surface area contributed by atoms with E-state index in [0.717, 1.165) is 48.2 Å². The quantitative estimate of drug-likeness (QED) is 0.353. The van der Waals surface area contributed by atoms with E-state index in [1.54, 1.807) is 7.11 Å². The number of ketones is 1. The average Bonchev–Trinajstić information content (AvgIpc) is 3.49. The first-order valence-electron chi connectivity index (χ1n) is 12.3. The van der Waals surface area contributed by atoms with Crippen LogP contribution in [0, 0.1) is 6.92 Å². The van der Waals surface area contributed by atoms with E-state index in [-0.39, 0.29) is 37.6 Å². The first-order chi connectivity index (χ1) is 16.7. The molecular formula is C27H35NO7. The molecule has 0 saturated carbocycles. The Hall–Kier alpha value is -3.16. The molecule has 3 rings (SSSR count). The first kappa shape index (κ1) is 26.4. The zero-order valence-electron chi connectivity index (χ0n) is 20.9. The molecule has 1 aromatic rings. The Balaban J connectivity index is 1.81. The van der Waals surface area contributed by atoms with Crippen molar-refractivity contribution < 1.29 is 33.8 Å². The first-order valence-corrected chi connectivity index (χ1v) is 12.3. The Morgan fingerprint density at radius 2 is 1.80 bits per heavy atom. The Bertz CT molecular complexity index is 1030. The van der Waals surface area contributed by atoms with Crippen molar-refractivity contribution in [3.05, 3.63) is 39.5 Å². The Morgan fingerprint density at radius 3 is 2.46 bits per heavy atom. The number of hydrogen-bond donors (Lipinski definition) is 1. The van der Waals surface area contributed by atoms with Crippen molar-refractivity contribution >= 4 is 23.6 Å². The van der Waals surface area contributed by atoms with Crippen LogP contribution in [0.2, 0.25) is 0 Å². The van der Waals surface area contributed by atoms with Gasteiger partial charge in [0.15, 0.2) is 0 Å². The minimum Gasteiger partial charge on any atom is -0.496 e. The molecular weight excluding hydrogens is 450 g/mol. The van der Waals surface area contributed by atoms with Crippen molar-refractivity contribution in [1.82, 2.24) is 4.90 Å². The number of esters is 1. The lowest BCUT2D eigenvalue weighted by Gasteiger charge is -2.19. The molecule has 0 radical (unpaired) electrons. The van der Waals surface area contributed by atoms with Gasteiger partial charge >= 0.3 is 11.9 Å². The number of cyclic esters (lactones) is 1. The molecule has 1 N–H and O–H groups in total. The number of ether oxygens (including phenoxy) is 2. The molecule has 2 aliphatic heterocycles. The molecule has 1 saturated heterocycles. The number of methoxy groups -OCH3 is 1. The van der Waals surface area contributed by atoms with Crippen LogP contribution < -0.4 is 4.74 Å². The third-order valence-corrected chi connectivity index (χ3v) is 6.86. The van der Waals surface area contributed by atoms with Crippen molar-refractivity contribution in [3.8, 4) is 5.75 Å². The summed E-state index contributed by atoms with van der Waals surface area (Å²) in [6.45, 7) is 5.49. The topological polar surface area (TPSA) is 110 Å². The molecule has 0 bridgehead atoms. The van der Waals surface area contributed by atoms with Crippen LogP contribution in [-0.2, 0) is 38.6 Å². The number of fused-ring (bicyclic) bond motifs is 1. The van der Waals surface area contributed by atoms with Gasteiger partial charge in [-0.2, -0.15) is 0 Å². The van der Waals surface area contributed by atoms with Crippen LogP contribution in [0.4, 0.5) is 0 Å². The van der Waals surface area contributed by atoms with E-state index in [2.05, 4.69) is 0 Å². The number of rotatable bonds is 12. The van der Waals surface area contributed by atoms with E-state index in [1.165, 1.54) is 0 Å². The molecule has 0 atom stereocenters. The minimum absolute atomic E-state index is 0.0382. The lowest BCUT2D eigenvalue weighted by atomic mass is 9.87. The molecule has 0 unspecified atom stereocenters. The Labute approximate surface area is 206 Å². The molecule has 1 fully saturated rings. The normalized spacial score (nSPS) is 15.2. The number of carbonyl (C=O) groups is 4. The number of carboxylic acid groups (broad SMARTS) is 1. The van der Waals surface area contributed by atoms with Crippen LogP contribution in [0.3, 0.4) is 0 Å². The van der Waals surface area contributed by atoms with Gasteiger partial charge in [0, 0.05) is 49.9 Å². The molecule has 35 heavy (non-hydrogen) atoms. The number of aliphatic carboxylic acids is 1. The van der Waals surface area contributed by atoms with Crippen molar-refractivity contribution in [3.63, 3.8) is 0 Å². The summed E-state index contributed by atoms with van der Waals surface area (Å²) in [6.07, 6.45) is 6.01. The maximum absolute atomic E-state index is 13.0. The summed E-state index contributed by atoms with van der Waals surface area (Å²) in [6, 6.07) is 0. The highest BCUT2D eigenvalue weighted by Gasteiger charge is 2.32. The molecule has 0 aromatic heterocycles. The van der Waals surface area contributed by atoms with E-state index in [9.17, 15) is 19.2 Å². The van der Waals surface area contributed by atoms with Gasteiger partial charge in [-0.05, 0) is 57.1 Å². The second-order valence-corrected chi connectivity index (χ2v) is 9.35. The summed E-state index contributed by atoms with van der Waals surface area (Å²) in [7, 11) is 1.56. The van der Waals surface area contributed by atoms with Crippen LogP contribution in [-0.4, -0.2) is 53.8 Å². The Kier molecular flexibility index (Phi) is 9.07. The van der Waals surface area contributed by atoms with E-state index >= 15 is 0 Å². The number of allylic oxidation sites excluding steroid dienone is 2. The predicted molar refractivity (Wildman–Crippen MR) is 130 cm³/mol. The molecule has 1 aromatic carbocycles. The second kappa shape index (κ2) is 12.0. The summed E-state index contributed by atoms with van der Waals surface area (Å²) >= 11 is 0. The lowest BCUT2D eigenvalue weighted by Crippen LogP contribution is -2.27. The monoisotopic (exact) mass is 485 g/mol. The summed E-state index contributed by atoms with van der Waals surface area (Å²) < 4.78 is 11.0. The highest BCUT2D eigenvalue weighted by atomic mass is 16.5. The third-order valence-electron chi connectivity index (χ3n) is 6.86. The largest absolute Gasteiger partial charge is 0.496 e. The molecule has 8 heteroatoms. The van der Waals surface area contributed by atoms with Crippen molar-refractivity contribution in [2.75, 3.05) is 20.2 Å². The number of carboxylic acids is 1. The number of amides is 1. The minimum atomic E-state index is -0.860. The molecule has 0 spiro atoms. The summed E-state index contributed by atoms with van der Waals surface area (Å²) in [5.74, 6) is -0.623. The number of nitrogens with zero attached hydrogens (tertiary/aromatic N) is 1. The zero-order valence-corrected chi connectivity index (χ0v) is 20.9. The Morgan fingerprint density at radius 1 is 1.09 bits per heavy atom. The lowest BCUT2D eigenvalue weighted by molar-refractivity contribution is -0.137. The standard InChI is InChI=1S/C27H35NO7/c1-17(10-12-24(31)32)9-11-20-21(25-22(16-35-27(25)33)18(2)26(20)34-3)15-19(29)7-6-8-23(30)28-13-4-5-14-28/h9H,4-8,10-16H2,1-3H3,(H,31,32)/b17-9+. The van der Waals surface area contributed by atoms with E-state index < -0.39 is 11.9 Å². The van der Waals surface area contributed by atoms with Gasteiger partial charge in [-0.15, -0.1) is 0 Å². The number of carbonyl (C=O) groups excluding carboxylic acids is 3. The number of Topliss-reactive ketones (excluding diaryl/α,β-unsaturated/α-hetero) is 1. The molecule has 0 aliphatic carbocycles. The maximum atomic E-state index is 13.0. The van der Waals surface area contributed by atoms with Crippen LogP contribution in [0.5, 0.6) is 5.75 Å². The molecule has 8 nitrogen and oxygen atoms in total. The number of hydrogen-bond acceptors (Lipinski definition) is 6. The molecule has 2 aliphatic rings. The van der Waals surface area contributed by atoms with Crippen LogP contribution in [0.1, 0.15) is 84.5 Å². The molecule has 2 heterocycles. The van der Waals surface area contributed by atoms with Gasteiger partial charge in [0.25, 0.3) is 0 Å². The second-order valence-electron chi connectivity index (χ2n) is 9.35. The van der Waals surface area contributed by atoms with Crippen molar-refractivity contribution in [1.29, 1.82) is 0 Å². The highest BCUT2D eigenvalue weighted by Crippen LogP contribution is 2.38. The van der Waals surface area contributed by atoms with E-state index in [0.29, 0.717) is 42.6 Å². The van der Waals surface area contributed by atoms with Gasteiger partial charge in [0.1, 0.15) is 18.1 Å². The smallest absolute Gasteiger partial charge is 0.339 e. The van der Waals surface area contributed by atoms with Gasteiger partial charge in [0.05, 0.1) is 12.7 Å². The van der Waals surface area contributed by atoms with Crippen molar-refractivity contribution in [2.45, 2.75) is 78.2 Å². The van der Waals surface area contributed by atoms with Gasteiger partial charge in [0.2, 0.25) is 5.91 Å². The van der Waals surface area contributed by atoms with Gasteiger partial charge in [-0.3, -0.25) is 14.4 Å².